The number of quaternary nitrogens is 2. The van der Waals surface area contributed by atoms with E-state index in [4.69, 9.17) is 18.9 Å². The highest BCUT2D eigenvalue weighted by Gasteiger charge is 2.51. The Hall–Kier alpha value is -3.32. The molecule has 0 saturated carbocycles. The van der Waals surface area contributed by atoms with Gasteiger partial charge in [0, 0.05) is 37.5 Å². The van der Waals surface area contributed by atoms with Crippen molar-refractivity contribution in [3.05, 3.63) is 81.9 Å². The van der Waals surface area contributed by atoms with Crippen LogP contribution in [0.2, 0.25) is 0 Å². The van der Waals surface area contributed by atoms with Crippen molar-refractivity contribution < 1.29 is 81.7 Å². The Morgan fingerprint density at radius 1 is 0.635 bits per heavy atom. The van der Waals surface area contributed by atoms with Gasteiger partial charge in [0.1, 0.15) is 36.1 Å². The second-order valence-corrected chi connectivity index (χ2v) is 15.1. The maximum Gasteiger partial charge on any atom is 0.336 e. The minimum Gasteiger partial charge on any atom is -1.00 e. The number of methoxy groups -OCH3 is 4. The van der Waals surface area contributed by atoms with E-state index in [1.54, 1.807) is 34.5 Å². The number of rotatable bonds is 12. The summed E-state index contributed by atoms with van der Waals surface area (Å²) in [6, 6.07) is 15.3. The van der Waals surface area contributed by atoms with Gasteiger partial charge in [0.25, 0.3) is 0 Å². The van der Waals surface area contributed by atoms with Crippen LogP contribution >= 0.6 is 0 Å². The van der Waals surface area contributed by atoms with E-state index < -0.39 is 11.9 Å². The summed E-state index contributed by atoms with van der Waals surface area (Å²) in [5, 5.41) is 21.6. The number of nitrogens with zero attached hydrogens (tertiary/aromatic N) is 2. The third-order valence-electron chi connectivity index (χ3n) is 12.7. The molecule has 6 saturated heterocycles. The van der Waals surface area contributed by atoms with Crippen molar-refractivity contribution in [3.8, 4) is 23.0 Å². The smallest absolute Gasteiger partial charge is 0.336 e. The highest BCUT2D eigenvalue weighted by molar-refractivity contribution is 5.98. The van der Waals surface area contributed by atoms with Crippen LogP contribution in [0.4, 0.5) is 0 Å². The SMILES string of the molecule is COc1ccc(OC)c(C[N+]23CCC(CC2)C(c2ccc(C(=O)O)c(C4C[N+]5(Cc6cc(OC)ccc6OC)CCC4CC5)c2C(=O)O)C3)c1.[Br-].[Br-]. The molecular formula is C40H50Br2N2O8. The lowest BCUT2D eigenvalue weighted by Gasteiger charge is -2.54. The van der Waals surface area contributed by atoms with Gasteiger partial charge in [-0.2, -0.15) is 0 Å². The van der Waals surface area contributed by atoms with Gasteiger partial charge in [-0.25, -0.2) is 9.59 Å². The average molecular weight is 847 g/mol. The van der Waals surface area contributed by atoms with E-state index in [9.17, 15) is 19.8 Å². The van der Waals surface area contributed by atoms with Gasteiger partial charge in [-0.1, -0.05) is 6.07 Å². The first-order chi connectivity index (χ1) is 24.1. The highest BCUT2D eigenvalue weighted by Crippen LogP contribution is 2.50. The molecule has 6 fully saturated rings. The summed E-state index contributed by atoms with van der Waals surface area (Å²) >= 11 is 0. The molecule has 10 nitrogen and oxygen atoms in total. The fourth-order valence-electron chi connectivity index (χ4n) is 10.2. The zero-order valence-electron chi connectivity index (χ0n) is 30.4. The Balaban J connectivity index is 0.00000261. The van der Waals surface area contributed by atoms with Crippen molar-refractivity contribution in [2.24, 2.45) is 11.8 Å². The lowest BCUT2D eigenvalue weighted by atomic mass is 9.68. The molecule has 9 rings (SSSR count). The first kappa shape index (κ1) is 39.9. The van der Waals surface area contributed by atoms with Crippen molar-refractivity contribution in [3.63, 3.8) is 0 Å². The van der Waals surface area contributed by atoms with Crippen LogP contribution in [0.1, 0.15) is 80.5 Å². The number of carboxylic acids is 2. The standard InChI is InChI=1S/C40H48N2O8.2BrH/c1-47-29-5-9-35(49-3)27(19-29)21-41-15-11-25(12-16-41)33(23-41)31-7-8-32(39(43)44)37(38(31)40(45)46)34-24-42(17-13-26(34)14-18-42)22-28-20-30(48-2)6-10-36(28)50-4;;/h5-10,19-20,25-26,33-34H,11-18,21-24H2,1-4H3;2*1H. The molecule has 52 heavy (non-hydrogen) atoms. The average Bonchev–Trinajstić information content (AvgIpc) is 3.14. The van der Waals surface area contributed by atoms with Crippen LogP contribution < -0.4 is 52.9 Å². The predicted octanol–water partition coefficient (Wildman–Crippen LogP) is 0.174. The van der Waals surface area contributed by atoms with E-state index in [-0.39, 0.29) is 62.8 Å². The molecular weight excluding hydrogens is 796 g/mol. The maximum atomic E-state index is 13.5. The van der Waals surface area contributed by atoms with Crippen LogP contribution in [0.25, 0.3) is 0 Å². The summed E-state index contributed by atoms with van der Waals surface area (Å²) in [7, 11) is 6.69. The first-order valence-electron chi connectivity index (χ1n) is 17.9. The zero-order chi connectivity index (χ0) is 35.2. The van der Waals surface area contributed by atoms with Gasteiger partial charge >= 0.3 is 11.9 Å². The number of carboxylic acid groups (broad SMARTS) is 2. The molecule has 6 heterocycles. The Labute approximate surface area is 327 Å². The van der Waals surface area contributed by atoms with Gasteiger partial charge in [0.15, 0.2) is 0 Å². The van der Waals surface area contributed by atoms with Gasteiger partial charge in [-0.05, 0) is 65.4 Å². The highest BCUT2D eigenvalue weighted by atomic mass is 79.9. The summed E-state index contributed by atoms with van der Waals surface area (Å²) in [6.07, 6.45) is 3.85. The molecule has 2 atom stereocenters. The fraction of sp³-hybridized carbons (Fsp3) is 0.500. The van der Waals surface area contributed by atoms with Gasteiger partial charge in [-0.15, -0.1) is 0 Å². The summed E-state index contributed by atoms with van der Waals surface area (Å²) < 4.78 is 24.2. The zero-order valence-corrected chi connectivity index (χ0v) is 33.6. The number of aromatic carboxylic acids is 2. The van der Waals surface area contributed by atoms with Crippen LogP contribution in [-0.2, 0) is 13.1 Å². The molecule has 3 aromatic carbocycles. The summed E-state index contributed by atoms with van der Waals surface area (Å²) in [6.45, 7) is 6.94. The summed E-state index contributed by atoms with van der Waals surface area (Å²) in [4.78, 5) is 26.4. The van der Waals surface area contributed by atoms with E-state index in [1.807, 2.05) is 36.4 Å². The van der Waals surface area contributed by atoms with Crippen LogP contribution in [0.15, 0.2) is 48.5 Å². The molecule has 0 amide bonds. The van der Waals surface area contributed by atoms with Gasteiger partial charge < -0.3 is 72.1 Å². The van der Waals surface area contributed by atoms with E-state index >= 15 is 0 Å². The monoisotopic (exact) mass is 844 g/mol. The molecule has 0 aromatic heterocycles. The second-order valence-electron chi connectivity index (χ2n) is 15.1. The topological polar surface area (TPSA) is 112 Å². The first-order valence-corrected chi connectivity index (χ1v) is 17.9. The fourth-order valence-corrected chi connectivity index (χ4v) is 10.2. The normalized spacial score (nSPS) is 27.2. The molecule has 3 aromatic rings. The number of hydrogen-bond donors (Lipinski definition) is 2. The van der Waals surface area contributed by atoms with E-state index in [0.29, 0.717) is 24.6 Å². The minimum absolute atomic E-state index is 0. The van der Waals surface area contributed by atoms with Crippen molar-refractivity contribution in [1.29, 1.82) is 0 Å². The lowest BCUT2D eigenvalue weighted by Crippen LogP contribution is -3.00. The van der Waals surface area contributed by atoms with Gasteiger partial charge in [0.05, 0.1) is 90.0 Å². The molecule has 0 spiro atoms. The van der Waals surface area contributed by atoms with Crippen LogP contribution in [0.3, 0.4) is 0 Å². The Morgan fingerprint density at radius 3 is 1.52 bits per heavy atom. The Bertz CT molecular complexity index is 1790. The second kappa shape index (κ2) is 16.0. The summed E-state index contributed by atoms with van der Waals surface area (Å²) in [5.74, 6) is 1.53. The lowest BCUT2D eigenvalue weighted by molar-refractivity contribution is -0.956. The number of carbonyl (C=O) groups is 2. The quantitative estimate of drug-likeness (QED) is 0.249. The van der Waals surface area contributed by atoms with Crippen molar-refractivity contribution in [1.82, 2.24) is 0 Å². The van der Waals surface area contributed by atoms with Crippen LogP contribution in [0.5, 0.6) is 23.0 Å². The Kier molecular flexibility index (Phi) is 12.2. The van der Waals surface area contributed by atoms with Gasteiger partial charge in [-0.3, -0.25) is 0 Å². The minimum atomic E-state index is -1.06. The van der Waals surface area contributed by atoms with E-state index in [1.165, 1.54) is 0 Å². The van der Waals surface area contributed by atoms with Gasteiger partial charge in [0.2, 0.25) is 0 Å². The molecule has 2 N–H and O–H groups in total. The van der Waals surface area contributed by atoms with Crippen molar-refractivity contribution >= 4 is 11.9 Å². The number of halogens is 2. The van der Waals surface area contributed by atoms with E-state index in [0.717, 1.165) is 114 Å². The largest absolute Gasteiger partial charge is 1.00 e. The van der Waals surface area contributed by atoms with Crippen LogP contribution in [-0.4, -0.2) is 98.8 Å². The summed E-state index contributed by atoms with van der Waals surface area (Å²) in [5.41, 5.74) is 3.83. The number of piperidine rings is 6. The number of benzene rings is 3. The number of fused-ring (bicyclic) bond motifs is 6. The molecule has 4 bridgehead atoms. The van der Waals surface area contributed by atoms with Crippen molar-refractivity contribution in [2.45, 2.75) is 50.6 Å². The molecule has 0 aliphatic carbocycles. The number of hydrogen-bond acceptors (Lipinski definition) is 6. The molecule has 6 aliphatic heterocycles. The molecule has 2 unspecified atom stereocenters. The molecule has 0 radical (unpaired) electrons. The number of ether oxygens (including phenoxy) is 4. The Morgan fingerprint density at radius 2 is 1.10 bits per heavy atom. The molecule has 12 heteroatoms. The third kappa shape index (κ3) is 7.28. The van der Waals surface area contributed by atoms with E-state index in [2.05, 4.69) is 6.07 Å². The molecule has 6 aliphatic rings. The molecule has 282 valence electrons. The predicted molar refractivity (Wildman–Crippen MR) is 188 cm³/mol. The third-order valence-corrected chi connectivity index (χ3v) is 12.7. The maximum absolute atomic E-state index is 13.5. The van der Waals surface area contributed by atoms with Crippen molar-refractivity contribution in [2.75, 3.05) is 67.7 Å². The van der Waals surface area contributed by atoms with Crippen LogP contribution in [0, 0.1) is 11.8 Å².